The van der Waals surface area contributed by atoms with Gasteiger partial charge in [-0.25, -0.2) is 4.68 Å². The zero-order valence-corrected chi connectivity index (χ0v) is 17.6. The van der Waals surface area contributed by atoms with Gasteiger partial charge in [-0.15, -0.1) is 0 Å². The zero-order valence-electron chi connectivity index (χ0n) is 14.6. The molecule has 1 heterocycles. The molecular weight excluding hydrogens is 483 g/mol. The molecule has 0 amide bonds. The number of alkyl halides is 3. The van der Waals surface area contributed by atoms with Crippen molar-refractivity contribution in [2.45, 2.75) is 6.18 Å². The Bertz CT molecular complexity index is 1170. The van der Waals surface area contributed by atoms with Crippen LogP contribution in [0, 0.1) is 11.3 Å². The highest BCUT2D eigenvalue weighted by atomic mass is 35.5. The lowest BCUT2D eigenvalue weighted by Gasteiger charge is -2.13. The Morgan fingerprint density at radius 1 is 1.03 bits per heavy atom. The van der Waals surface area contributed by atoms with Crippen LogP contribution < -0.4 is 5.73 Å². The summed E-state index contributed by atoms with van der Waals surface area (Å²) in [6, 6.07) is 11.8. The van der Waals surface area contributed by atoms with Crippen molar-refractivity contribution in [2.75, 3.05) is 5.73 Å². The van der Waals surface area contributed by atoms with Crippen LogP contribution in [0.2, 0.25) is 10.0 Å². The molecule has 2 aromatic carbocycles. The number of hydrogen-bond acceptors (Lipinski definition) is 3. The third-order valence-corrected chi connectivity index (χ3v) is 5.48. The van der Waals surface area contributed by atoms with Crippen molar-refractivity contribution in [1.29, 1.82) is 5.26 Å². The summed E-state index contributed by atoms with van der Waals surface area (Å²) in [5, 5.41) is 12.8. The van der Waals surface area contributed by atoms with Gasteiger partial charge in [-0.3, -0.25) is 0 Å². The van der Waals surface area contributed by atoms with E-state index in [1.807, 2.05) is 6.07 Å². The quantitative estimate of drug-likeness (QED) is 0.430. The molecule has 3 aromatic rings. The van der Waals surface area contributed by atoms with E-state index in [9.17, 15) is 18.4 Å². The predicted molar refractivity (Wildman–Crippen MR) is 113 cm³/mol. The van der Waals surface area contributed by atoms with E-state index in [-0.39, 0.29) is 42.9 Å². The maximum atomic E-state index is 13.0. The number of nitrogens with two attached hydrogens (primary N) is 1. The van der Waals surface area contributed by atoms with E-state index in [2.05, 4.69) is 5.10 Å². The SMILES string of the molecule is N#Cc1nn(-c2c(Cl)cc(C(F)(F)F)cc2Cl)c(N)c1/C(Cl)=C(/Cl)c1ccccc1. The number of hydrogen-bond donors (Lipinski definition) is 1. The Hall–Kier alpha value is -2.37. The highest BCUT2D eigenvalue weighted by molar-refractivity contribution is 6.65. The van der Waals surface area contributed by atoms with Gasteiger partial charge < -0.3 is 5.73 Å². The van der Waals surface area contributed by atoms with E-state index in [1.165, 1.54) is 0 Å². The number of benzene rings is 2. The highest BCUT2D eigenvalue weighted by Gasteiger charge is 2.33. The molecule has 11 heteroatoms. The third-order valence-electron chi connectivity index (χ3n) is 4.02. The fourth-order valence-corrected chi connectivity index (χ4v) is 3.81. The van der Waals surface area contributed by atoms with Crippen LogP contribution in [0.5, 0.6) is 0 Å². The van der Waals surface area contributed by atoms with E-state index in [0.29, 0.717) is 17.7 Å². The molecule has 1 aromatic heterocycles. The molecular formula is C19H9Cl4F3N4. The molecule has 0 spiro atoms. The Morgan fingerprint density at radius 2 is 1.60 bits per heavy atom. The first kappa shape index (κ1) is 22.3. The average molecular weight is 492 g/mol. The highest BCUT2D eigenvalue weighted by Crippen LogP contribution is 2.41. The molecule has 0 radical (unpaired) electrons. The minimum Gasteiger partial charge on any atom is -0.383 e. The molecule has 0 aliphatic carbocycles. The van der Waals surface area contributed by atoms with Crippen LogP contribution in [0.15, 0.2) is 42.5 Å². The van der Waals surface area contributed by atoms with Gasteiger partial charge in [0.1, 0.15) is 17.6 Å². The number of nitrogen functional groups attached to an aromatic ring is 1. The molecule has 0 aliphatic rings. The lowest BCUT2D eigenvalue weighted by atomic mass is 10.1. The maximum Gasteiger partial charge on any atom is 0.416 e. The van der Waals surface area contributed by atoms with Crippen molar-refractivity contribution in [2.24, 2.45) is 0 Å². The minimum atomic E-state index is -4.65. The number of anilines is 1. The minimum absolute atomic E-state index is 0.0000472. The number of rotatable bonds is 3. The Labute approximate surface area is 188 Å². The Morgan fingerprint density at radius 3 is 2.10 bits per heavy atom. The maximum absolute atomic E-state index is 13.0. The van der Waals surface area contributed by atoms with Crippen LogP contribution in [-0.2, 0) is 6.18 Å². The first-order valence-electron chi connectivity index (χ1n) is 8.02. The molecule has 2 N–H and O–H groups in total. The largest absolute Gasteiger partial charge is 0.416 e. The zero-order chi connectivity index (χ0) is 22.2. The lowest BCUT2D eigenvalue weighted by molar-refractivity contribution is -0.137. The third kappa shape index (κ3) is 4.09. The number of aromatic nitrogens is 2. The van der Waals surface area contributed by atoms with E-state index in [1.54, 1.807) is 30.3 Å². The Balaban J connectivity index is 2.23. The normalized spacial score (nSPS) is 12.5. The topological polar surface area (TPSA) is 67.6 Å². The smallest absolute Gasteiger partial charge is 0.383 e. The first-order chi connectivity index (χ1) is 14.1. The molecule has 0 bridgehead atoms. The fourth-order valence-electron chi connectivity index (χ4n) is 2.65. The summed E-state index contributed by atoms with van der Waals surface area (Å²) in [6.45, 7) is 0. The van der Waals surface area contributed by atoms with E-state index in [4.69, 9.17) is 52.1 Å². The summed E-state index contributed by atoms with van der Waals surface area (Å²) in [5.41, 5.74) is 5.30. The predicted octanol–water partition coefficient (Wildman–Crippen LogP) is 6.96. The van der Waals surface area contributed by atoms with E-state index >= 15 is 0 Å². The second kappa shape index (κ2) is 8.40. The van der Waals surface area contributed by atoms with Crippen LogP contribution in [0.25, 0.3) is 15.8 Å². The lowest BCUT2D eigenvalue weighted by Crippen LogP contribution is -2.08. The van der Waals surface area contributed by atoms with Crippen molar-refractivity contribution in [1.82, 2.24) is 9.78 Å². The van der Waals surface area contributed by atoms with Crippen LogP contribution in [0.4, 0.5) is 19.0 Å². The van der Waals surface area contributed by atoms with Crippen molar-refractivity contribution in [3.05, 3.63) is 74.9 Å². The van der Waals surface area contributed by atoms with Crippen molar-refractivity contribution < 1.29 is 13.2 Å². The van der Waals surface area contributed by atoms with Crippen LogP contribution in [0.3, 0.4) is 0 Å². The summed E-state index contributed by atoms with van der Waals surface area (Å²) in [4.78, 5) is 0. The second-order valence-corrected chi connectivity index (χ2v) is 7.48. The summed E-state index contributed by atoms with van der Waals surface area (Å²) < 4.78 is 39.9. The summed E-state index contributed by atoms with van der Waals surface area (Å²) in [7, 11) is 0. The molecule has 0 saturated carbocycles. The van der Waals surface area contributed by atoms with Gasteiger partial charge in [0.2, 0.25) is 0 Å². The van der Waals surface area contributed by atoms with Gasteiger partial charge in [0.15, 0.2) is 5.69 Å². The van der Waals surface area contributed by atoms with Crippen molar-refractivity contribution in [3.63, 3.8) is 0 Å². The van der Waals surface area contributed by atoms with Gasteiger partial charge in [0, 0.05) is 0 Å². The number of nitrogens with zero attached hydrogens (tertiary/aromatic N) is 3. The van der Waals surface area contributed by atoms with Gasteiger partial charge in [-0.05, 0) is 17.7 Å². The molecule has 0 fully saturated rings. The molecule has 154 valence electrons. The molecule has 0 aliphatic heterocycles. The second-order valence-electron chi connectivity index (χ2n) is 5.91. The number of halogens is 7. The van der Waals surface area contributed by atoms with E-state index in [0.717, 1.165) is 4.68 Å². The van der Waals surface area contributed by atoms with Gasteiger partial charge in [0.05, 0.1) is 31.2 Å². The molecule has 0 saturated heterocycles. The summed E-state index contributed by atoms with van der Waals surface area (Å²) >= 11 is 24.8. The summed E-state index contributed by atoms with van der Waals surface area (Å²) in [6.07, 6.45) is -4.65. The van der Waals surface area contributed by atoms with Crippen molar-refractivity contribution in [3.8, 4) is 11.8 Å². The van der Waals surface area contributed by atoms with Gasteiger partial charge in [-0.1, -0.05) is 76.7 Å². The molecule has 30 heavy (non-hydrogen) atoms. The first-order valence-corrected chi connectivity index (χ1v) is 9.53. The Kier molecular flexibility index (Phi) is 6.25. The average Bonchev–Trinajstić information content (AvgIpc) is 3.02. The van der Waals surface area contributed by atoms with Crippen molar-refractivity contribution >= 4 is 62.3 Å². The van der Waals surface area contributed by atoms with Gasteiger partial charge in [0.25, 0.3) is 0 Å². The van der Waals surface area contributed by atoms with E-state index < -0.39 is 11.7 Å². The number of nitriles is 1. The molecule has 4 nitrogen and oxygen atoms in total. The van der Waals surface area contributed by atoms with Crippen LogP contribution >= 0.6 is 46.4 Å². The molecule has 0 unspecified atom stereocenters. The summed E-state index contributed by atoms with van der Waals surface area (Å²) in [5.74, 6) is -0.172. The van der Waals surface area contributed by atoms with Gasteiger partial charge in [-0.2, -0.15) is 23.5 Å². The van der Waals surface area contributed by atoms with Crippen LogP contribution in [-0.4, -0.2) is 9.78 Å². The standard InChI is InChI=1S/C19H9Cl4F3N4/c20-11-6-10(19(24,25)26)7-12(21)17(11)30-18(28)14(13(8-27)29-30)16(23)15(22)9-4-2-1-3-5-9/h1-7H,28H2/b16-15-. The molecule has 0 atom stereocenters. The molecule has 3 rings (SSSR count). The fraction of sp³-hybridized carbons (Fsp3) is 0.0526. The monoisotopic (exact) mass is 490 g/mol. The van der Waals surface area contributed by atoms with Crippen LogP contribution in [0.1, 0.15) is 22.4 Å². The van der Waals surface area contributed by atoms with Gasteiger partial charge >= 0.3 is 6.18 Å².